The molecule has 2 heterocycles. The molecule has 0 aliphatic carbocycles. The number of hydrogen-bond acceptors (Lipinski definition) is 6. The third-order valence-corrected chi connectivity index (χ3v) is 6.22. The molecule has 33 heavy (non-hydrogen) atoms. The summed E-state index contributed by atoms with van der Waals surface area (Å²) in [6.07, 6.45) is 1.58. The lowest BCUT2D eigenvalue weighted by Gasteiger charge is -2.27. The number of benzene rings is 2. The molecule has 2 aromatic carbocycles. The average molecular weight is 514 g/mol. The van der Waals surface area contributed by atoms with E-state index >= 15 is 0 Å². The number of Topliss-reactive ketones (excluding diaryl/α,β-unsaturated/α-hetero) is 1. The average Bonchev–Trinajstić information content (AvgIpc) is 3.35. The highest BCUT2D eigenvalue weighted by atomic mass is 79.9. The van der Waals surface area contributed by atoms with Gasteiger partial charge < -0.3 is 23.9 Å². The molecule has 3 aromatic rings. The SMILES string of the molecule is CCCCN1C(=O)C(O)=C(C(=O)c2cc3cc(Br)ccc3o2)C1c1ccc(OC)c(OC)c1. The number of carbonyl (C=O) groups excluding carboxylic acids is 2. The molecule has 0 bridgehead atoms. The Kier molecular flexibility index (Phi) is 6.47. The second kappa shape index (κ2) is 9.31. The Morgan fingerprint density at radius 2 is 1.88 bits per heavy atom. The van der Waals surface area contributed by atoms with Crippen molar-refractivity contribution in [3.05, 3.63) is 69.6 Å². The van der Waals surface area contributed by atoms with Crippen LogP contribution in [-0.2, 0) is 4.79 Å². The van der Waals surface area contributed by atoms with E-state index in [4.69, 9.17) is 13.9 Å². The van der Waals surface area contributed by atoms with Crippen LogP contribution in [-0.4, -0.2) is 42.5 Å². The van der Waals surface area contributed by atoms with E-state index in [2.05, 4.69) is 15.9 Å². The maximum absolute atomic E-state index is 13.6. The van der Waals surface area contributed by atoms with Crippen LogP contribution in [0.3, 0.4) is 0 Å². The highest BCUT2D eigenvalue weighted by Crippen LogP contribution is 2.42. The summed E-state index contributed by atoms with van der Waals surface area (Å²) in [7, 11) is 3.05. The van der Waals surface area contributed by atoms with Crippen LogP contribution in [0.15, 0.2) is 62.7 Å². The molecule has 1 aliphatic rings. The fourth-order valence-corrected chi connectivity index (χ4v) is 4.45. The van der Waals surface area contributed by atoms with Crippen LogP contribution in [0, 0.1) is 0 Å². The molecule has 1 atom stereocenters. The predicted octanol–water partition coefficient (Wildman–Crippen LogP) is 5.59. The van der Waals surface area contributed by atoms with E-state index in [1.165, 1.54) is 19.1 Å². The number of rotatable bonds is 8. The zero-order chi connectivity index (χ0) is 23.7. The molecule has 4 rings (SSSR count). The van der Waals surface area contributed by atoms with Crippen LogP contribution in [0.1, 0.15) is 41.9 Å². The van der Waals surface area contributed by atoms with Crippen LogP contribution in [0.5, 0.6) is 11.5 Å². The maximum atomic E-state index is 13.6. The Labute approximate surface area is 199 Å². The molecule has 0 spiro atoms. The zero-order valence-corrected chi connectivity index (χ0v) is 20.1. The van der Waals surface area contributed by atoms with Gasteiger partial charge in [0.15, 0.2) is 23.0 Å². The number of ketones is 1. The van der Waals surface area contributed by atoms with Gasteiger partial charge >= 0.3 is 0 Å². The quantitative estimate of drug-likeness (QED) is 0.395. The summed E-state index contributed by atoms with van der Waals surface area (Å²) in [4.78, 5) is 28.1. The minimum atomic E-state index is -0.781. The van der Waals surface area contributed by atoms with Gasteiger partial charge in [0.1, 0.15) is 5.58 Å². The standard InChI is InChI=1S/C25H24BrNO6/c1-4-5-10-27-22(14-6-8-18(31-2)19(12-14)32-3)21(24(29)25(27)30)23(28)20-13-15-11-16(26)7-9-17(15)33-20/h6-9,11-13,22,29H,4-5,10H2,1-3H3. The minimum Gasteiger partial charge on any atom is -0.503 e. The normalized spacial score (nSPS) is 16.1. The molecule has 1 amide bonds. The van der Waals surface area contributed by atoms with Crippen LogP contribution in [0.25, 0.3) is 11.0 Å². The molecule has 1 unspecified atom stereocenters. The van der Waals surface area contributed by atoms with Gasteiger partial charge in [-0.15, -0.1) is 0 Å². The molecule has 0 saturated heterocycles. The number of halogens is 1. The maximum Gasteiger partial charge on any atom is 0.290 e. The van der Waals surface area contributed by atoms with E-state index in [1.807, 2.05) is 19.1 Å². The van der Waals surface area contributed by atoms with Crippen molar-refractivity contribution < 1.29 is 28.6 Å². The van der Waals surface area contributed by atoms with Crippen molar-refractivity contribution in [2.75, 3.05) is 20.8 Å². The van der Waals surface area contributed by atoms with E-state index in [9.17, 15) is 14.7 Å². The van der Waals surface area contributed by atoms with E-state index < -0.39 is 23.5 Å². The Bertz CT molecular complexity index is 1260. The van der Waals surface area contributed by atoms with Gasteiger partial charge in [0.25, 0.3) is 5.91 Å². The summed E-state index contributed by atoms with van der Waals surface area (Å²) >= 11 is 3.41. The van der Waals surface area contributed by atoms with Gasteiger partial charge in [0.2, 0.25) is 5.78 Å². The van der Waals surface area contributed by atoms with Gasteiger partial charge in [-0.25, -0.2) is 0 Å². The highest BCUT2D eigenvalue weighted by molar-refractivity contribution is 9.10. The summed E-state index contributed by atoms with van der Waals surface area (Å²) in [5, 5.41) is 11.5. The molecule has 1 aromatic heterocycles. The molecule has 1 N–H and O–H groups in total. The molecule has 0 saturated carbocycles. The van der Waals surface area contributed by atoms with Gasteiger partial charge in [-0.05, 0) is 48.4 Å². The lowest BCUT2D eigenvalue weighted by atomic mass is 9.94. The van der Waals surface area contributed by atoms with Gasteiger partial charge in [0.05, 0.1) is 25.8 Å². The molecule has 1 aliphatic heterocycles. The fourth-order valence-electron chi connectivity index (χ4n) is 4.07. The first-order valence-corrected chi connectivity index (χ1v) is 11.4. The summed E-state index contributed by atoms with van der Waals surface area (Å²) in [5.74, 6) is -0.630. The number of hydrogen-bond donors (Lipinski definition) is 1. The van der Waals surface area contributed by atoms with Gasteiger partial charge in [-0.3, -0.25) is 9.59 Å². The molecular weight excluding hydrogens is 490 g/mol. The number of amides is 1. The molecule has 0 radical (unpaired) electrons. The van der Waals surface area contributed by atoms with Crippen LogP contribution in [0.4, 0.5) is 0 Å². The monoisotopic (exact) mass is 513 g/mol. The van der Waals surface area contributed by atoms with E-state index in [1.54, 1.807) is 30.3 Å². The number of aliphatic hydroxyl groups excluding tert-OH is 1. The zero-order valence-electron chi connectivity index (χ0n) is 18.6. The fraction of sp³-hybridized carbons (Fsp3) is 0.280. The first-order chi connectivity index (χ1) is 15.9. The molecule has 0 fully saturated rings. The first-order valence-electron chi connectivity index (χ1n) is 10.6. The van der Waals surface area contributed by atoms with Crippen molar-refractivity contribution in [3.8, 4) is 11.5 Å². The Morgan fingerprint density at radius 1 is 1.12 bits per heavy atom. The number of ether oxygens (including phenoxy) is 2. The van der Waals surface area contributed by atoms with Crippen molar-refractivity contribution in [2.45, 2.75) is 25.8 Å². The van der Waals surface area contributed by atoms with E-state index in [0.717, 1.165) is 22.7 Å². The molecule has 8 heteroatoms. The van der Waals surface area contributed by atoms with Crippen molar-refractivity contribution in [1.29, 1.82) is 0 Å². The van der Waals surface area contributed by atoms with E-state index in [-0.39, 0.29) is 11.3 Å². The summed E-state index contributed by atoms with van der Waals surface area (Å²) in [6.45, 7) is 2.40. The molecule has 172 valence electrons. The Balaban J connectivity index is 1.82. The topological polar surface area (TPSA) is 89.2 Å². The lowest BCUT2D eigenvalue weighted by Crippen LogP contribution is -2.32. The summed E-state index contributed by atoms with van der Waals surface area (Å²) < 4.78 is 17.4. The van der Waals surface area contributed by atoms with Crippen molar-refractivity contribution >= 4 is 38.6 Å². The van der Waals surface area contributed by atoms with Crippen molar-refractivity contribution in [1.82, 2.24) is 4.90 Å². The van der Waals surface area contributed by atoms with Gasteiger partial charge in [-0.1, -0.05) is 35.3 Å². The van der Waals surface area contributed by atoms with E-state index in [0.29, 0.717) is 29.2 Å². The van der Waals surface area contributed by atoms with Crippen LogP contribution in [0.2, 0.25) is 0 Å². The number of unbranched alkanes of at least 4 members (excludes halogenated alkanes) is 1. The van der Waals surface area contributed by atoms with Gasteiger partial charge in [-0.2, -0.15) is 0 Å². The smallest absolute Gasteiger partial charge is 0.290 e. The highest BCUT2D eigenvalue weighted by Gasteiger charge is 2.44. The predicted molar refractivity (Wildman–Crippen MR) is 127 cm³/mol. The largest absolute Gasteiger partial charge is 0.503 e. The third kappa shape index (κ3) is 4.11. The minimum absolute atomic E-state index is 0.0126. The first kappa shape index (κ1) is 22.9. The van der Waals surface area contributed by atoms with Crippen molar-refractivity contribution in [3.63, 3.8) is 0 Å². The van der Waals surface area contributed by atoms with Crippen LogP contribution < -0.4 is 9.47 Å². The second-order valence-electron chi connectivity index (χ2n) is 7.75. The number of furan rings is 1. The number of nitrogens with zero attached hydrogens (tertiary/aromatic N) is 1. The third-order valence-electron chi connectivity index (χ3n) is 5.73. The lowest BCUT2D eigenvalue weighted by molar-refractivity contribution is -0.129. The summed E-state index contributed by atoms with van der Waals surface area (Å²) in [6, 6.07) is 11.4. The number of carbonyl (C=O) groups is 2. The van der Waals surface area contributed by atoms with Crippen LogP contribution >= 0.6 is 15.9 Å². The molecular formula is C25H24BrNO6. The number of methoxy groups -OCH3 is 2. The number of aliphatic hydroxyl groups is 1. The second-order valence-corrected chi connectivity index (χ2v) is 8.67. The Hall–Kier alpha value is -3.26. The Morgan fingerprint density at radius 3 is 2.58 bits per heavy atom. The molecule has 7 nitrogen and oxygen atoms in total. The van der Waals surface area contributed by atoms with Crippen molar-refractivity contribution in [2.24, 2.45) is 0 Å². The number of fused-ring (bicyclic) bond motifs is 1. The summed E-state index contributed by atoms with van der Waals surface area (Å²) in [5.41, 5.74) is 1.15. The van der Waals surface area contributed by atoms with Gasteiger partial charge in [0, 0.05) is 16.4 Å².